The average molecular weight is 358 g/mol. The summed E-state index contributed by atoms with van der Waals surface area (Å²) in [4.78, 5) is 11.8. The van der Waals surface area contributed by atoms with Crippen LogP contribution in [0.5, 0.6) is 0 Å². The monoisotopic (exact) mass is 356 g/mol. The molecule has 2 aromatic carbocycles. The molecule has 0 saturated carbocycles. The molecule has 3 nitrogen and oxygen atoms in total. The van der Waals surface area contributed by atoms with E-state index in [1.54, 1.807) is 18.2 Å². The Morgan fingerprint density at radius 3 is 2.36 bits per heavy atom. The normalized spacial score (nSPS) is 10.3. The molecule has 0 aliphatic heterocycles. The second-order valence-corrected chi connectivity index (χ2v) is 6.05. The lowest BCUT2D eigenvalue weighted by atomic mass is 10.1. The van der Waals surface area contributed by atoms with E-state index in [0.29, 0.717) is 27.3 Å². The van der Waals surface area contributed by atoms with Crippen LogP contribution in [0.25, 0.3) is 0 Å². The van der Waals surface area contributed by atoms with Gasteiger partial charge in [0.25, 0.3) is 0 Å². The third-order valence-electron chi connectivity index (χ3n) is 2.94. The Bertz CT molecular complexity index is 641. The van der Waals surface area contributed by atoms with Crippen molar-refractivity contribution in [2.75, 3.05) is 18.4 Å². The summed E-state index contributed by atoms with van der Waals surface area (Å²) < 4.78 is 0. The number of amides is 1. The molecule has 0 unspecified atom stereocenters. The van der Waals surface area contributed by atoms with E-state index in [4.69, 9.17) is 34.8 Å². The summed E-state index contributed by atoms with van der Waals surface area (Å²) in [5.41, 5.74) is 1.80. The Hall–Kier alpha value is -1.42. The molecule has 116 valence electrons. The highest BCUT2D eigenvalue weighted by atomic mass is 35.5. The molecular weight excluding hydrogens is 343 g/mol. The van der Waals surface area contributed by atoms with Gasteiger partial charge in [-0.15, -0.1) is 0 Å². The van der Waals surface area contributed by atoms with Gasteiger partial charge in [-0.05, 0) is 42.3 Å². The minimum atomic E-state index is -0.0990. The number of nitrogens with one attached hydrogen (secondary N) is 2. The van der Waals surface area contributed by atoms with Crippen LogP contribution in [0.2, 0.25) is 15.1 Å². The highest BCUT2D eigenvalue weighted by Crippen LogP contribution is 2.22. The molecule has 0 spiro atoms. The van der Waals surface area contributed by atoms with Gasteiger partial charge in [-0.1, -0.05) is 46.9 Å². The predicted molar refractivity (Wildman–Crippen MR) is 93.1 cm³/mol. The maximum absolute atomic E-state index is 11.8. The zero-order chi connectivity index (χ0) is 15.9. The fourth-order valence-corrected chi connectivity index (χ4v) is 2.68. The first-order chi connectivity index (χ1) is 10.5. The van der Waals surface area contributed by atoms with Crippen molar-refractivity contribution in [3.63, 3.8) is 0 Å². The van der Waals surface area contributed by atoms with Crippen molar-refractivity contribution < 1.29 is 4.79 Å². The number of anilines is 1. The molecular formula is C16H15Cl3N2O. The highest BCUT2D eigenvalue weighted by molar-refractivity contribution is 6.35. The van der Waals surface area contributed by atoms with E-state index < -0.39 is 0 Å². The lowest BCUT2D eigenvalue weighted by Crippen LogP contribution is -2.31. The molecule has 0 saturated heterocycles. The van der Waals surface area contributed by atoms with Crippen LogP contribution in [-0.4, -0.2) is 19.0 Å². The quantitative estimate of drug-likeness (QED) is 0.803. The van der Waals surface area contributed by atoms with Gasteiger partial charge < -0.3 is 10.6 Å². The molecule has 0 aliphatic rings. The van der Waals surface area contributed by atoms with Crippen LogP contribution < -0.4 is 10.6 Å². The van der Waals surface area contributed by atoms with E-state index in [1.165, 1.54) is 0 Å². The van der Waals surface area contributed by atoms with E-state index in [0.717, 1.165) is 12.0 Å². The van der Waals surface area contributed by atoms with Crippen LogP contribution in [-0.2, 0) is 11.2 Å². The number of halogens is 3. The van der Waals surface area contributed by atoms with E-state index in [-0.39, 0.29) is 12.5 Å². The second kappa shape index (κ2) is 8.28. The summed E-state index contributed by atoms with van der Waals surface area (Å²) in [7, 11) is 0. The molecule has 2 aromatic rings. The number of carbonyl (C=O) groups excluding carboxylic acids is 1. The van der Waals surface area contributed by atoms with Crippen LogP contribution in [0.1, 0.15) is 5.56 Å². The molecule has 0 atom stereocenters. The molecule has 0 fully saturated rings. The van der Waals surface area contributed by atoms with Crippen LogP contribution >= 0.6 is 34.8 Å². The molecule has 0 aliphatic carbocycles. The number of rotatable bonds is 6. The third kappa shape index (κ3) is 5.76. The average Bonchev–Trinajstić information content (AvgIpc) is 2.44. The Morgan fingerprint density at radius 2 is 1.68 bits per heavy atom. The van der Waals surface area contributed by atoms with Crippen LogP contribution in [0.15, 0.2) is 42.5 Å². The van der Waals surface area contributed by atoms with Crippen molar-refractivity contribution in [3.05, 3.63) is 63.1 Å². The Balaban J connectivity index is 1.74. The van der Waals surface area contributed by atoms with Gasteiger partial charge in [-0.25, -0.2) is 0 Å². The van der Waals surface area contributed by atoms with Crippen LogP contribution in [0.4, 0.5) is 5.69 Å². The minimum absolute atomic E-state index is 0.0990. The van der Waals surface area contributed by atoms with Gasteiger partial charge in [-0.2, -0.15) is 0 Å². The van der Waals surface area contributed by atoms with Crippen molar-refractivity contribution in [1.82, 2.24) is 5.32 Å². The summed E-state index contributed by atoms with van der Waals surface area (Å²) in [6, 6.07) is 12.6. The summed E-state index contributed by atoms with van der Waals surface area (Å²) in [6.07, 6.45) is 0.731. The first kappa shape index (κ1) is 16.9. The molecule has 1 amide bonds. The van der Waals surface area contributed by atoms with Crippen molar-refractivity contribution >= 4 is 46.4 Å². The largest absolute Gasteiger partial charge is 0.376 e. The van der Waals surface area contributed by atoms with Gasteiger partial charge in [0.15, 0.2) is 0 Å². The van der Waals surface area contributed by atoms with Gasteiger partial charge in [0.1, 0.15) is 0 Å². The van der Waals surface area contributed by atoms with E-state index in [2.05, 4.69) is 10.6 Å². The zero-order valence-corrected chi connectivity index (χ0v) is 14.0. The smallest absolute Gasteiger partial charge is 0.239 e. The Labute approximate surface area is 144 Å². The lowest BCUT2D eigenvalue weighted by molar-refractivity contribution is -0.119. The summed E-state index contributed by atoms with van der Waals surface area (Å²) in [6.45, 7) is 0.712. The molecule has 0 radical (unpaired) electrons. The van der Waals surface area contributed by atoms with Crippen LogP contribution in [0, 0.1) is 0 Å². The molecule has 0 heterocycles. The Kier molecular flexibility index (Phi) is 6.37. The standard InChI is InChI=1S/C16H15Cl3N2O/c17-12-3-1-2-11(6-12)4-5-20-16(22)10-21-15-8-13(18)7-14(19)9-15/h1-3,6-9,21H,4-5,10H2,(H,20,22). The summed E-state index contributed by atoms with van der Waals surface area (Å²) in [5, 5.41) is 7.57. The van der Waals surface area contributed by atoms with Crippen LogP contribution in [0.3, 0.4) is 0 Å². The lowest BCUT2D eigenvalue weighted by Gasteiger charge is -2.09. The number of benzene rings is 2. The fourth-order valence-electron chi connectivity index (χ4n) is 1.94. The van der Waals surface area contributed by atoms with E-state index >= 15 is 0 Å². The van der Waals surface area contributed by atoms with Crippen molar-refractivity contribution in [3.8, 4) is 0 Å². The molecule has 0 aromatic heterocycles. The van der Waals surface area contributed by atoms with Gasteiger partial charge in [0, 0.05) is 27.3 Å². The van der Waals surface area contributed by atoms with Crippen molar-refractivity contribution in [2.24, 2.45) is 0 Å². The zero-order valence-electron chi connectivity index (χ0n) is 11.7. The first-order valence-corrected chi connectivity index (χ1v) is 7.87. The predicted octanol–water partition coefficient (Wildman–Crippen LogP) is 4.42. The third-order valence-corrected chi connectivity index (χ3v) is 3.61. The van der Waals surface area contributed by atoms with Gasteiger partial charge in [-0.3, -0.25) is 4.79 Å². The van der Waals surface area contributed by atoms with Gasteiger partial charge in [0.05, 0.1) is 6.54 Å². The van der Waals surface area contributed by atoms with Gasteiger partial charge >= 0.3 is 0 Å². The van der Waals surface area contributed by atoms with Gasteiger partial charge in [0.2, 0.25) is 5.91 Å². The number of carbonyl (C=O) groups is 1. The topological polar surface area (TPSA) is 41.1 Å². The molecule has 22 heavy (non-hydrogen) atoms. The highest BCUT2D eigenvalue weighted by Gasteiger charge is 2.03. The first-order valence-electron chi connectivity index (χ1n) is 6.74. The minimum Gasteiger partial charge on any atom is -0.376 e. The number of hydrogen-bond donors (Lipinski definition) is 2. The SMILES string of the molecule is O=C(CNc1cc(Cl)cc(Cl)c1)NCCc1cccc(Cl)c1. The second-order valence-electron chi connectivity index (χ2n) is 4.74. The van der Waals surface area contributed by atoms with E-state index in [1.807, 2.05) is 24.3 Å². The van der Waals surface area contributed by atoms with Crippen molar-refractivity contribution in [2.45, 2.75) is 6.42 Å². The molecule has 6 heteroatoms. The maximum Gasteiger partial charge on any atom is 0.239 e. The summed E-state index contributed by atoms with van der Waals surface area (Å²) in [5.74, 6) is -0.0990. The van der Waals surface area contributed by atoms with Crippen molar-refractivity contribution in [1.29, 1.82) is 0 Å². The maximum atomic E-state index is 11.8. The Morgan fingerprint density at radius 1 is 0.955 bits per heavy atom. The molecule has 0 bridgehead atoms. The number of hydrogen-bond acceptors (Lipinski definition) is 2. The fraction of sp³-hybridized carbons (Fsp3) is 0.188. The molecule has 2 rings (SSSR count). The van der Waals surface area contributed by atoms with E-state index in [9.17, 15) is 4.79 Å². The summed E-state index contributed by atoms with van der Waals surface area (Å²) >= 11 is 17.7. The molecule has 2 N–H and O–H groups in total.